The minimum atomic E-state index is -3.14. The van der Waals surface area contributed by atoms with Crippen LogP contribution in [0.1, 0.15) is 15.4 Å². The Hall–Kier alpha value is -1.93. The van der Waals surface area contributed by atoms with Crippen molar-refractivity contribution in [3.8, 4) is 0 Å². The molecule has 136 valence electrons. The first-order valence-electron chi connectivity index (χ1n) is 8.03. The summed E-state index contributed by atoms with van der Waals surface area (Å²) in [7, 11) is -1.40. The third kappa shape index (κ3) is 6.47. The molecule has 25 heavy (non-hydrogen) atoms. The molecule has 0 bridgehead atoms. The maximum atomic E-state index is 11.5. The molecule has 0 aliphatic carbocycles. The molecule has 2 aromatic rings. The molecule has 2 rings (SSSR count). The second kappa shape index (κ2) is 8.96. The van der Waals surface area contributed by atoms with Gasteiger partial charge in [-0.2, -0.15) is 0 Å². The van der Waals surface area contributed by atoms with Crippen LogP contribution in [-0.2, 0) is 22.7 Å². The molecule has 0 spiro atoms. The smallest absolute Gasteiger partial charge is 0.191 e. The molecule has 0 radical (unpaired) electrons. The van der Waals surface area contributed by atoms with Gasteiger partial charge in [0.25, 0.3) is 0 Å². The average molecular weight is 381 g/mol. The van der Waals surface area contributed by atoms with Gasteiger partial charge in [0.15, 0.2) is 15.8 Å². The Balaban J connectivity index is 1.73. The summed E-state index contributed by atoms with van der Waals surface area (Å²) in [4.78, 5) is 10.1. The number of sulfone groups is 1. The standard InChI is InChI=1S/C17H24N4O2S2/c1-13-12-21-16(24-13)9-11-20-17(18-2)19-10-8-14-4-6-15(7-5-14)25(3,22)23/h4-7,12H,8-11H2,1-3H3,(H2,18,19,20). The quantitative estimate of drug-likeness (QED) is 0.565. The first-order chi connectivity index (χ1) is 11.9. The maximum Gasteiger partial charge on any atom is 0.191 e. The third-order valence-electron chi connectivity index (χ3n) is 3.58. The van der Waals surface area contributed by atoms with Crippen LogP contribution in [0.2, 0.25) is 0 Å². The van der Waals surface area contributed by atoms with Crippen molar-refractivity contribution in [1.82, 2.24) is 15.6 Å². The highest BCUT2D eigenvalue weighted by Crippen LogP contribution is 2.11. The molecule has 0 saturated heterocycles. The number of rotatable bonds is 7. The first-order valence-corrected chi connectivity index (χ1v) is 10.7. The molecule has 1 aromatic heterocycles. The number of thiazole rings is 1. The predicted octanol–water partition coefficient (Wildman–Crippen LogP) is 1.81. The van der Waals surface area contributed by atoms with Gasteiger partial charge in [-0.05, 0) is 31.0 Å². The molecule has 0 unspecified atom stereocenters. The molecular formula is C17H24N4O2S2. The summed E-state index contributed by atoms with van der Waals surface area (Å²) in [6.07, 6.45) is 4.76. The lowest BCUT2D eigenvalue weighted by Crippen LogP contribution is -2.39. The van der Waals surface area contributed by atoms with Crippen LogP contribution in [0.4, 0.5) is 0 Å². The van der Waals surface area contributed by atoms with Gasteiger partial charge in [0.05, 0.1) is 9.90 Å². The van der Waals surface area contributed by atoms with E-state index in [1.54, 1.807) is 30.5 Å². The number of hydrogen-bond donors (Lipinski definition) is 2. The van der Waals surface area contributed by atoms with E-state index in [1.165, 1.54) is 11.1 Å². The zero-order valence-electron chi connectivity index (χ0n) is 14.7. The van der Waals surface area contributed by atoms with Crippen molar-refractivity contribution in [3.63, 3.8) is 0 Å². The van der Waals surface area contributed by atoms with Crippen LogP contribution in [-0.4, -0.2) is 45.8 Å². The molecule has 2 N–H and O–H groups in total. The summed E-state index contributed by atoms with van der Waals surface area (Å²) in [6.45, 7) is 3.54. The minimum Gasteiger partial charge on any atom is -0.356 e. The van der Waals surface area contributed by atoms with E-state index in [4.69, 9.17) is 0 Å². The van der Waals surface area contributed by atoms with Gasteiger partial charge in [0.2, 0.25) is 0 Å². The van der Waals surface area contributed by atoms with Crippen molar-refractivity contribution in [2.75, 3.05) is 26.4 Å². The van der Waals surface area contributed by atoms with Crippen LogP contribution in [0.3, 0.4) is 0 Å². The van der Waals surface area contributed by atoms with Gasteiger partial charge in [-0.1, -0.05) is 12.1 Å². The summed E-state index contributed by atoms with van der Waals surface area (Å²) in [5.41, 5.74) is 1.08. The molecule has 8 heteroatoms. The highest BCUT2D eigenvalue weighted by Gasteiger charge is 2.06. The van der Waals surface area contributed by atoms with Gasteiger partial charge >= 0.3 is 0 Å². The van der Waals surface area contributed by atoms with Crippen molar-refractivity contribution >= 4 is 27.1 Å². The van der Waals surface area contributed by atoms with Crippen LogP contribution in [0, 0.1) is 6.92 Å². The molecule has 6 nitrogen and oxygen atoms in total. The Morgan fingerprint density at radius 2 is 1.80 bits per heavy atom. The minimum absolute atomic E-state index is 0.346. The molecule has 0 atom stereocenters. The van der Waals surface area contributed by atoms with Crippen LogP contribution < -0.4 is 10.6 Å². The Bertz CT molecular complexity index is 811. The fourth-order valence-electron chi connectivity index (χ4n) is 2.25. The topological polar surface area (TPSA) is 83.5 Å². The lowest BCUT2D eigenvalue weighted by Gasteiger charge is -2.11. The van der Waals surface area contributed by atoms with E-state index < -0.39 is 9.84 Å². The Morgan fingerprint density at radius 1 is 1.16 bits per heavy atom. The van der Waals surface area contributed by atoms with E-state index >= 15 is 0 Å². The number of nitrogens with zero attached hydrogens (tertiary/aromatic N) is 2. The molecule has 1 heterocycles. The summed E-state index contributed by atoms with van der Waals surface area (Å²) >= 11 is 1.71. The molecule has 0 saturated carbocycles. The number of aromatic nitrogens is 1. The largest absolute Gasteiger partial charge is 0.356 e. The summed E-state index contributed by atoms with van der Waals surface area (Å²) in [5.74, 6) is 0.751. The lowest BCUT2D eigenvalue weighted by molar-refractivity contribution is 0.602. The Labute approximate surface area is 153 Å². The van der Waals surface area contributed by atoms with Crippen LogP contribution >= 0.6 is 11.3 Å². The van der Waals surface area contributed by atoms with Crippen molar-refractivity contribution in [2.45, 2.75) is 24.7 Å². The normalized spacial score (nSPS) is 12.2. The maximum absolute atomic E-state index is 11.5. The highest BCUT2D eigenvalue weighted by molar-refractivity contribution is 7.90. The van der Waals surface area contributed by atoms with Crippen molar-refractivity contribution in [3.05, 3.63) is 45.9 Å². The van der Waals surface area contributed by atoms with E-state index in [-0.39, 0.29) is 0 Å². The fraction of sp³-hybridized carbons (Fsp3) is 0.412. The van der Waals surface area contributed by atoms with Gasteiger partial charge in [0.1, 0.15) is 0 Å². The van der Waals surface area contributed by atoms with Crippen LogP contribution in [0.25, 0.3) is 0 Å². The van der Waals surface area contributed by atoms with E-state index in [0.29, 0.717) is 11.4 Å². The van der Waals surface area contributed by atoms with Gasteiger partial charge in [0, 0.05) is 43.9 Å². The average Bonchev–Trinajstić information content (AvgIpc) is 2.98. The zero-order valence-corrected chi connectivity index (χ0v) is 16.4. The molecule has 0 aliphatic heterocycles. The number of hydrogen-bond acceptors (Lipinski definition) is 5. The number of aliphatic imine (C=N–C) groups is 1. The van der Waals surface area contributed by atoms with Crippen LogP contribution in [0.15, 0.2) is 40.4 Å². The monoisotopic (exact) mass is 380 g/mol. The van der Waals surface area contributed by atoms with Gasteiger partial charge < -0.3 is 10.6 Å². The first kappa shape index (κ1) is 19.4. The second-order valence-corrected chi connectivity index (χ2v) is 9.04. The Morgan fingerprint density at radius 3 is 2.32 bits per heavy atom. The van der Waals surface area contributed by atoms with Gasteiger partial charge in [-0.3, -0.25) is 4.99 Å². The Kier molecular flexibility index (Phi) is 6.95. The van der Waals surface area contributed by atoms with Crippen LogP contribution in [0.5, 0.6) is 0 Å². The molecule has 0 aliphatic rings. The van der Waals surface area contributed by atoms with Crippen molar-refractivity contribution < 1.29 is 8.42 Å². The second-order valence-electron chi connectivity index (χ2n) is 5.71. The van der Waals surface area contributed by atoms with E-state index in [1.807, 2.05) is 18.3 Å². The molecule has 0 amide bonds. The third-order valence-corrected chi connectivity index (χ3v) is 5.68. The predicted molar refractivity (Wildman–Crippen MR) is 103 cm³/mol. The number of guanidine groups is 1. The molecular weight excluding hydrogens is 356 g/mol. The number of aryl methyl sites for hydroxylation is 1. The van der Waals surface area contributed by atoms with Gasteiger partial charge in [-0.25, -0.2) is 13.4 Å². The highest BCUT2D eigenvalue weighted by atomic mass is 32.2. The summed E-state index contributed by atoms with van der Waals surface area (Å²) < 4.78 is 22.9. The van der Waals surface area contributed by atoms with Crippen molar-refractivity contribution in [1.29, 1.82) is 0 Å². The van der Waals surface area contributed by atoms with E-state index in [2.05, 4.69) is 27.5 Å². The fourth-order valence-corrected chi connectivity index (χ4v) is 3.67. The zero-order chi connectivity index (χ0) is 18.3. The summed E-state index contributed by atoms with van der Waals surface area (Å²) in [5, 5.41) is 7.64. The van der Waals surface area contributed by atoms with E-state index in [9.17, 15) is 8.42 Å². The summed E-state index contributed by atoms with van der Waals surface area (Å²) in [6, 6.07) is 6.99. The lowest BCUT2D eigenvalue weighted by atomic mass is 10.1. The van der Waals surface area contributed by atoms with E-state index in [0.717, 1.165) is 35.9 Å². The van der Waals surface area contributed by atoms with Gasteiger partial charge in [-0.15, -0.1) is 11.3 Å². The molecule has 1 aromatic carbocycles. The number of nitrogens with one attached hydrogen (secondary N) is 2. The van der Waals surface area contributed by atoms with Crippen molar-refractivity contribution in [2.24, 2.45) is 4.99 Å². The molecule has 0 fully saturated rings. The number of benzene rings is 1. The SMILES string of the molecule is CN=C(NCCc1ccc(S(C)(=O)=O)cc1)NCCc1ncc(C)s1.